The van der Waals surface area contributed by atoms with Gasteiger partial charge in [0.1, 0.15) is 11.3 Å². The van der Waals surface area contributed by atoms with E-state index in [4.69, 9.17) is 9.72 Å². The third kappa shape index (κ3) is 2.59. The average Bonchev–Trinajstić information content (AvgIpc) is 3.03. The van der Waals surface area contributed by atoms with E-state index in [1.165, 1.54) is 5.56 Å². The molecule has 2 aromatic carbocycles. The van der Waals surface area contributed by atoms with E-state index in [0.717, 1.165) is 38.5 Å². The van der Waals surface area contributed by atoms with Gasteiger partial charge in [-0.25, -0.2) is 4.98 Å². The Balaban J connectivity index is 1.74. The topological polar surface area (TPSA) is 47.0 Å². The largest absolute Gasteiger partial charge is 0.494 e. The highest BCUT2D eigenvalue weighted by atomic mass is 32.1. The summed E-state index contributed by atoms with van der Waals surface area (Å²) in [6.07, 6.45) is 1.78. The summed E-state index contributed by atoms with van der Waals surface area (Å²) in [5, 5.41) is 5.32. The lowest BCUT2D eigenvalue weighted by Gasteiger charge is -2.04. The Hall–Kier alpha value is -2.66. The van der Waals surface area contributed by atoms with Crippen LogP contribution in [0.1, 0.15) is 5.56 Å². The molecule has 0 aliphatic carbocycles. The van der Waals surface area contributed by atoms with E-state index in [1.807, 2.05) is 36.4 Å². The van der Waals surface area contributed by atoms with E-state index < -0.39 is 0 Å². The maximum absolute atomic E-state index is 5.47. The third-order valence-corrected chi connectivity index (χ3v) is 4.68. The highest BCUT2D eigenvalue weighted by Crippen LogP contribution is 2.36. The summed E-state index contributed by atoms with van der Waals surface area (Å²) < 4.78 is 6.57. The summed E-state index contributed by atoms with van der Waals surface area (Å²) in [5.41, 5.74) is 3.05. The molecule has 0 fully saturated rings. The van der Waals surface area contributed by atoms with Crippen molar-refractivity contribution in [2.45, 2.75) is 6.54 Å². The van der Waals surface area contributed by atoms with E-state index in [2.05, 4.69) is 22.4 Å². The molecule has 4 rings (SSSR count). The zero-order valence-corrected chi connectivity index (χ0v) is 13.4. The molecule has 0 spiro atoms. The Morgan fingerprint density at radius 2 is 1.96 bits per heavy atom. The van der Waals surface area contributed by atoms with Crippen molar-refractivity contribution in [3.05, 3.63) is 60.3 Å². The zero-order valence-electron chi connectivity index (χ0n) is 12.6. The minimum absolute atomic E-state index is 0.758. The number of fused-ring (bicyclic) bond motifs is 3. The number of nitrogens with one attached hydrogen (secondary N) is 1. The predicted octanol–water partition coefficient (Wildman–Crippen LogP) is 4.47. The molecule has 0 amide bonds. The third-order valence-electron chi connectivity index (χ3n) is 3.72. The molecule has 23 heavy (non-hydrogen) atoms. The van der Waals surface area contributed by atoms with Gasteiger partial charge in [0.15, 0.2) is 5.13 Å². The summed E-state index contributed by atoms with van der Waals surface area (Å²) in [7, 11) is 1.67. The fourth-order valence-electron chi connectivity index (χ4n) is 2.61. The van der Waals surface area contributed by atoms with Gasteiger partial charge in [0.25, 0.3) is 0 Å². The molecule has 5 heteroatoms. The summed E-state index contributed by atoms with van der Waals surface area (Å²) in [6.45, 7) is 0.758. The smallest absolute Gasteiger partial charge is 0.184 e. The number of ether oxygens (including phenoxy) is 1. The molecule has 114 valence electrons. The van der Waals surface area contributed by atoms with Gasteiger partial charge in [-0.1, -0.05) is 41.7 Å². The SMILES string of the molecule is COc1cc2sc(NCc3ccccc3)nc2c2cccnc12. The van der Waals surface area contributed by atoms with Gasteiger partial charge in [-0.2, -0.15) is 0 Å². The second-order valence-corrected chi connectivity index (χ2v) is 6.21. The van der Waals surface area contributed by atoms with E-state index in [0.29, 0.717) is 0 Å². The Morgan fingerprint density at radius 3 is 2.78 bits per heavy atom. The summed E-state index contributed by atoms with van der Waals surface area (Å²) in [5.74, 6) is 0.784. The van der Waals surface area contributed by atoms with Gasteiger partial charge < -0.3 is 10.1 Å². The number of rotatable bonds is 4. The molecular formula is C18H15N3OS. The Kier molecular flexibility index (Phi) is 3.55. The molecule has 1 N–H and O–H groups in total. The van der Waals surface area contributed by atoms with Crippen molar-refractivity contribution in [2.24, 2.45) is 0 Å². The van der Waals surface area contributed by atoms with Crippen molar-refractivity contribution in [1.82, 2.24) is 9.97 Å². The number of pyridine rings is 1. The maximum atomic E-state index is 5.47. The number of nitrogens with zero attached hydrogens (tertiary/aromatic N) is 2. The molecule has 0 bridgehead atoms. The van der Waals surface area contributed by atoms with Crippen LogP contribution in [-0.2, 0) is 6.54 Å². The number of hydrogen-bond donors (Lipinski definition) is 1. The predicted molar refractivity (Wildman–Crippen MR) is 95.2 cm³/mol. The van der Waals surface area contributed by atoms with Gasteiger partial charge in [-0.05, 0) is 17.7 Å². The zero-order chi connectivity index (χ0) is 15.6. The molecule has 0 unspecified atom stereocenters. The number of anilines is 1. The second kappa shape index (κ2) is 5.85. The van der Waals surface area contributed by atoms with E-state index in [9.17, 15) is 0 Å². The fourth-order valence-corrected chi connectivity index (χ4v) is 3.52. The van der Waals surface area contributed by atoms with Crippen molar-refractivity contribution in [2.75, 3.05) is 12.4 Å². The molecule has 2 heterocycles. The molecule has 0 saturated carbocycles. The molecule has 0 radical (unpaired) electrons. The lowest BCUT2D eigenvalue weighted by molar-refractivity contribution is 0.419. The van der Waals surface area contributed by atoms with Crippen LogP contribution in [0.3, 0.4) is 0 Å². The molecule has 2 aromatic heterocycles. The van der Waals surface area contributed by atoms with Crippen LogP contribution in [0.4, 0.5) is 5.13 Å². The van der Waals surface area contributed by atoms with Crippen LogP contribution >= 0.6 is 11.3 Å². The van der Waals surface area contributed by atoms with Crippen LogP contribution in [0.5, 0.6) is 5.75 Å². The number of thiazole rings is 1. The number of benzene rings is 2. The molecular weight excluding hydrogens is 306 g/mol. The van der Waals surface area contributed by atoms with Crippen molar-refractivity contribution in [3.63, 3.8) is 0 Å². The Morgan fingerprint density at radius 1 is 1.09 bits per heavy atom. The first kappa shape index (κ1) is 14.0. The van der Waals surface area contributed by atoms with Gasteiger partial charge >= 0.3 is 0 Å². The van der Waals surface area contributed by atoms with Gasteiger partial charge in [0.05, 0.1) is 17.3 Å². The monoisotopic (exact) mass is 321 g/mol. The number of hydrogen-bond acceptors (Lipinski definition) is 5. The van der Waals surface area contributed by atoms with Crippen LogP contribution in [0.15, 0.2) is 54.7 Å². The van der Waals surface area contributed by atoms with Gasteiger partial charge in [0.2, 0.25) is 0 Å². The van der Waals surface area contributed by atoms with Crippen molar-refractivity contribution >= 4 is 37.6 Å². The highest BCUT2D eigenvalue weighted by molar-refractivity contribution is 7.22. The molecule has 0 saturated heterocycles. The summed E-state index contributed by atoms with van der Waals surface area (Å²) >= 11 is 1.63. The Bertz CT molecular complexity index is 966. The van der Waals surface area contributed by atoms with E-state index >= 15 is 0 Å². The number of aromatic nitrogens is 2. The van der Waals surface area contributed by atoms with Gasteiger partial charge in [-0.3, -0.25) is 4.98 Å². The molecule has 0 aliphatic rings. The van der Waals surface area contributed by atoms with Crippen molar-refractivity contribution in [3.8, 4) is 5.75 Å². The highest BCUT2D eigenvalue weighted by Gasteiger charge is 2.12. The molecule has 0 atom stereocenters. The standard InChI is InChI=1S/C18H15N3OS/c1-22-14-10-15-17(13-8-5-9-19-16(13)14)21-18(23-15)20-11-12-6-3-2-4-7-12/h2-10H,11H2,1H3,(H,20,21). The van der Waals surface area contributed by atoms with E-state index in [1.54, 1.807) is 24.6 Å². The lowest BCUT2D eigenvalue weighted by Crippen LogP contribution is -1.98. The molecule has 4 aromatic rings. The van der Waals surface area contributed by atoms with E-state index in [-0.39, 0.29) is 0 Å². The van der Waals surface area contributed by atoms with Crippen LogP contribution in [0.25, 0.3) is 21.1 Å². The van der Waals surface area contributed by atoms with Crippen molar-refractivity contribution < 1.29 is 4.74 Å². The fraction of sp³-hybridized carbons (Fsp3) is 0.111. The van der Waals surface area contributed by atoms with Crippen LogP contribution in [0.2, 0.25) is 0 Å². The van der Waals surface area contributed by atoms with Gasteiger partial charge in [-0.15, -0.1) is 0 Å². The van der Waals surface area contributed by atoms with Crippen molar-refractivity contribution in [1.29, 1.82) is 0 Å². The quantitative estimate of drug-likeness (QED) is 0.602. The Labute approximate surface area is 137 Å². The normalized spacial score (nSPS) is 11.0. The summed E-state index contributed by atoms with van der Waals surface area (Å²) in [4.78, 5) is 9.17. The first-order valence-corrected chi connectivity index (χ1v) is 8.17. The summed E-state index contributed by atoms with van der Waals surface area (Å²) in [6, 6.07) is 16.3. The minimum Gasteiger partial charge on any atom is -0.494 e. The van der Waals surface area contributed by atoms with Gasteiger partial charge in [0, 0.05) is 24.2 Å². The van der Waals surface area contributed by atoms with Crippen LogP contribution in [-0.4, -0.2) is 17.1 Å². The second-order valence-electron chi connectivity index (χ2n) is 5.18. The minimum atomic E-state index is 0.758. The maximum Gasteiger partial charge on any atom is 0.184 e. The first-order valence-electron chi connectivity index (χ1n) is 7.35. The average molecular weight is 321 g/mol. The van der Waals surface area contributed by atoms with Crippen LogP contribution < -0.4 is 10.1 Å². The van der Waals surface area contributed by atoms with Crippen LogP contribution in [0, 0.1) is 0 Å². The lowest BCUT2D eigenvalue weighted by atomic mass is 10.2. The molecule has 4 nitrogen and oxygen atoms in total. The molecule has 0 aliphatic heterocycles. The first-order chi connectivity index (χ1) is 11.3. The number of methoxy groups -OCH3 is 1.